The van der Waals surface area contributed by atoms with Crippen molar-refractivity contribution in [1.29, 1.82) is 0 Å². The van der Waals surface area contributed by atoms with Gasteiger partial charge in [0.1, 0.15) is 10.5 Å². The maximum absolute atomic E-state index is 14.0. The Kier molecular flexibility index (Phi) is 3.09. The number of carbonyl (C=O) groups is 2. The highest BCUT2D eigenvalue weighted by molar-refractivity contribution is 7.87. The van der Waals surface area contributed by atoms with Gasteiger partial charge in [-0.15, -0.1) is 0 Å². The van der Waals surface area contributed by atoms with Crippen LogP contribution < -0.4 is 0 Å². The summed E-state index contributed by atoms with van der Waals surface area (Å²) in [5.41, 5.74) is 1.10. The van der Waals surface area contributed by atoms with Crippen molar-refractivity contribution < 1.29 is 13.8 Å². The Morgan fingerprint density at radius 2 is 1.56 bits per heavy atom. The number of allylic oxidation sites excluding steroid dienone is 4. The van der Waals surface area contributed by atoms with E-state index >= 15 is 0 Å². The van der Waals surface area contributed by atoms with Gasteiger partial charge >= 0.3 is 0 Å². The van der Waals surface area contributed by atoms with Crippen molar-refractivity contribution in [2.24, 2.45) is 41.4 Å². The van der Waals surface area contributed by atoms with Crippen molar-refractivity contribution in [1.82, 2.24) is 0 Å². The molecule has 1 aromatic carbocycles. The van der Waals surface area contributed by atoms with Crippen molar-refractivity contribution >= 4 is 22.4 Å². The molecule has 0 amide bonds. The first-order valence-corrected chi connectivity index (χ1v) is 11.1. The number of aryl methyl sites for hydroxylation is 1. The van der Waals surface area contributed by atoms with E-state index in [1.807, 2.05) is 31.2 Å². The van der Waals surface area contributed by atoms with Crippen LogP contribution in [0.2, 0.25) is 0 Å². The zero-order chi connectivity index (χ0) is 18.5. The lowest BCUT2D eigenvalue weighted by molar-refractivity contribution is -0.146. The Labute approximate surface area is 161 Å². The summed E-state index contributed by atoms with van der Waals surface area (Å²) in [6, 6.07) is 7.63. The molecule has 0 saturated heterocycles. The van der Waals surface area contributed by atoms with E-state index in [2.05, 4.69) is 24.3 Å². The fourth-order valence-electron chi connectivity index (χ4n) is 6.84. The van der Waals surface area contributed by atoms with Gasteiger partial charge in [0.2, 0.25) is 0 Å². The molecule has 0 aromatic heterocycles. The Hall–Kier alpha value is -1.81. The number of fused-ring (bicyclic) bond motifs is 10. The maximum atomic E-state index is 14.0. The number of carbonyl (C=O) groups excluding carboxylic acids is 2. The van der Waals surface area contributed by atoms with Crippen LogP contribution >= 0.6 is 0 Å². The van der Waals surface area contributed by atoms with E-state index in [0.29, 0.717) is 4.90 Å². The molecule has 0 N–H and O–H groups in total. The van der Waals surface area contributed by atoms with Crippen molar-refractivity contribution in [3.63, 3.8) is 0 Å². The maximum Gasteiger partial charge on any atom is 0.157 e. The van der Waals surface area contributed by atoms with Gasteiger partial charge in [-0.25, -0.2) is 0 Å². The lowest BCUT2D eigenvalue weighted by atomic mass is 9.60. The summed E-state index contributed by atoms with van der Waals surface area (Å²) in [5, 5.41) is 0. The number of hydrogen-bond acceptors (Lipinski definition) is 3. The average Bonchev–Trinajstić information content (AvgIpc) is 3.45. The normalized spacial score (nSPS) is 46.8. The predicted octanol–water partition coefficient (Wildman–Crippen LogP) is 3.25. The molecule has 0 radical (unpaired) electrons. The molecule has 4 heteroatoms. The number of Topliss-reactive ketones (excluding diaryl/α,β-unsaturated/α-hetero) is 2. The number of rotatable bonds is 2. The zero-order valence-electron chi connectivity index (χ0n) is 15.2. The molecule has 1 aromatic rings. The van der Waals surface area contributed by atoms with Crippen LogP contribution in [0.3, 0.4) is 0 Å². The third-order valence-corrected chi connectivity index (χ3v) is 9.95. The summed E-state index contributed by atoms with van der Waals surface area (Å²) in [6.45, 7) is 2.00. The van der Waals surface area contributed by atoms with E-state index in [1.54, 1.807) is 0 Å². The first-order chi connectivity index (χ1) is 13.0. The molecular weight excluding hydrogens is 356 g/mol. The second-order valence-electron chi connectivity index (χ2n) is 9.01. The molecule has 6 rings (SSSR count). The molecule has 5 aliphatic rings. The Morgan fingerprint density at radius 3 is 2.30 bits per heavy atom. The highest BCUT2D eigenvalue weighted by atomic mass is 32.2. The molecular formula is C23H22O3S. The molecule has 0 unspecified atom stereocenters. The minimum absolute atomic E-state index is 0.0739. The van der Waals surface area contributed by atoms with Crippen LogP contribution in [-0.4, -0.2) is 20.5 Å². The largest absolute Gasteiger partial charge is 0.299 e. The van der Waals surface area contributed by atoms with E-state index in [9.17, 15) is 13.8 Å². The predicted molar refractivity (Wildman–Crippen MR) is 102 cm³/mol. The van der Waals surface area contributed by atoms with Crippen LogP contribution in [0.15, 0.2) is 53.5 Å². The first-order valence-electron chi connectivity index (χ1n) is 9.96. The number of benzene rings is 1. The standard InChI is InChI=1S/C23H22O3S/c1-12-2-8-17(9-3-12)27(26)23-16-7-6-15(11-16)20(23)21(24)18-13-4-5-14(10-13)19(18)22(23)25/h2-9,13-16,18-20H,10-11H2,1H3/t13-,14+,15+,16-,18-,19+,20+,23-,27-/m0/s1. The summed E-state index contributed by atoms with van der Waals surface area (Å²) in [5.74, 6) is -0.133. The molecule has 3 nitrogen and oxygen atoms in total. The van der Waals surface area contributed by atoms with Crippen LogP contribution in [0, 0.1) is 48.3 Å². The average molecular weight is 378 g/mol. The molecule has 4 bridgehead atoms. The Morgan fingerprint density at radius 1 is 0.889 bits per heavy atom. The van der Waals surface area contributed by atoms with Gasteiger partial charge in [-0.05, 0) is 49.7 Å². The lowest BCUT2D eigenvalue weighted by Gasteiger charge is -2.48. The van der Waals surface area contributed by atoms with Gasteiger partial charge in [0.25, 0.3) is 0 Å². The Balaban J connectivity index is 1.54. The minimum atomic E-state index is -1.51. The van der Waals surface area contributed by atoms with Crippen molar-refractivity contribution in [3.05, 3.63) is 54.1 Å². The smallest absolute Gasteiger partial charge is 0.157 e. The fourth-order valence-corrected chi connectivity index (χ4v) is 8.90. The van der Waals surface area contributed by atoms with Gasteiger partial charge in [0, 0.05) is 28.6 Å². The van der Waals surface area contributed by atoms with Crippen LogP contribution in [-0.2, 0) is 20.4 Å². The molecule has 0 heterocycles. The van der Waals surface area contributed by atoms with E-state index < -0.39 is 21.5 Å². The second kappa shape index (κ2) is 5.16. The first kappa shape index (κ1) is 16.2. The van der Waals surface area contributed by atoms with Crippen LogP contribution in [0.1, 0.15) is 18.4 Å². The van der Waals surface area contributed by atoms with E-state index in [0.717, 1.165) is 18.4 Å². The van der Waals surface area contributed by atoms with Gasteiger partial charge in [-0.2, -0.15) is 0 Å². The van der Waals surface area contributed by atoms with Gasteiger partial charge in [0.05, 0.1) is 10.8 Å². The molecule has 5 aliphatic carbocycles. The van der Waals surface area contributed by atoms with E-state index in [-0.39, 0.29) is 47.1 Å². The van der Waals surface area contributed by atoms with Crippen molar-refractivity contribution in [3.8, 4) is 0 Å². The van der Waals surface area contributed by atoms with Crippen LogP contribution in [0.25, 0.3) is 0 Å². The molecule has 0 spiro atoms. The van der Waals surface area contributed by atoms with Crippen LogP contribution in [0.4, 0.5) is 0 Å². The third kappa shape index (κ3) is 1.76. The monoisotopic (exact) mass is 378 g/mol. The summed E-state index contributed by atoms with van der Waals surface area (Å²) >= 11 is 0. The van der Waals surface area contributed by atoms with Gasteiger partial charge in [-0.3, -0.25) is 13.8 Å². The lowest BCUT2D eigenvalue weighted by Crippen LogP contribution is -2.64. The molecule has 3 saturated carbocycles. The van der Waals surface area contributed by atoms with Crippen molar-refractivity contribution in [2.75, 3.05) is 0 Å². The topological polar surface area (TPSA) is 51.2 Å². The number of hydrogen-bond donors (Lipinski definition) is 0. The molecule has 138 valence electrons. The van der Waals surface area contributed by atoms with E-state index in [4.69, 9.17) is 0 Å². The quantitative estimate of drug-likeness (QED) is 0.743. The molecule has 9 atom stereocenters. The SMILES string of the molecule is Cc1ccc([S@](=O)[C@]23C(=O)[C@H]4[C@@H](C(=O)[C@H]2[C@@H]2C=C[C@H]3C2)[C@H]2C=C[C@@H]4C2)cc1. The van der Waals surface area contributed by atoms with Crippen LogP contribution in [0.5, 0.6) is 0 Å². The summed E-state index contributed by atoms with van der Waals surface area (Å²) in [6.07, 6.45) is 10.2. The minimum Gasteiger partial charge on any atom is -0.299 e. The van der Waals surface area contributed by atoms with Gasteiger partial charge in [-0.1, -0.05) is 42.0 Å². The fraction of sp³-hybridized carbons (Fsp3) is 0.478. The van der Waals surface area contributed by atoms with E-state index in [1.165, 1.54) is 0 Å². The highest BCUT2D eigenvalue weighted by Gasteiger charge is 2.73. The van der Waals surface area contributed by atoms with Gasteiger partial charge in [0.15, 0.2) is 5.78 Å². The number of ketones is 2. The Bertz CT molecular complexity index is 958. The summed E-state index contributed by atoms with van der Waals surface area (Å²) in [7, 11) is -1.51. The van der Waals surface area contributed by atoms with Crippen molar-refractivity contribution in [2.45, 2.75) is 29.4 Å². The summed E-state index contributed by atoms with van der Waals surface area (Å²) < 4.78 is 12.9. The zero-order valence-corrected chi connectivity index (χ0v) is 16.0. The van der Waals surface area contributed by atoms with Gasteiger partial charge < -0.3 is 0 Å². The molecule has 3 fully saturated rings. The molecule has 27 heavy (non-hydrogen) atoms. The highest BCUT2D eigenvalue weighted by Crippen LogP contribution is 2.64. The second-order valence-corrected chi connectivity index (χ2v) is 10.7. The summed E-state index contributed by atoms with van der Waals surface area (Å²) in [4.78, 5) is 28.3. The third-order valence-electron chi connectivity index (χ3n) is 7.88. The molecule has 0 aliphatic heterocycles.